The van der Waals surface area contributed by atoms with E-state index in [4.69, 9.17) is 5.11 Å². The van der Waals surface area contributed by atoms with E-state index in [0.717, 1.165) is 6.07 Å². The van der Waals surface area contributed by atoms with E-state index >= 15 is 0 Å². The molecule has 0 fully saturated rings. The van der Waals surface area contributed by atoms with Crippen molar-refractivity contribution in [2.75, 3.05) is 7.11 Å². The fourth-order valence-electron chi connectivity index (χ4n) is 1.12. The second kappa shape index (κ2) is 6.27. The van der Waals surface area contributed by atoms with Crippen molar-refractivity contribution in [1.29, 1.82) is 0 Å². The molecule has 1 aromatic rings. The molecule has 1 rings (SSSR count). The molecule has 0 heterocycles. The van der Waals surface area contributed by atoms with Crippen molar-refractivity contribution in [2.45, 2.75) is 6.61 Å². The van der Waals surface area contributed by atoms with Crippen molar-refractivity contribution < 1.29 is 74.2 Å². The van der Waals surface area contributed by atoms with Gasteiger partial charge in [-0.05, 0) is 11.6 Å². The predicted octanol–water partition coefficient (Wildman–Crippen LogP) is -1.75. The number of rotatable bonds is 3. The van der Waals surface area contributed by atoms with E-state index in [2.05, 4.69) is 4.74 Å². The van der Waals surface area contributed by atoms with Gasteiger partial charge in [0.05, 0.1) is 19.5 Å². The van der Waals surface area contributed by atoms with Crippen LogP contribution in [0.2, 0.25) is 0 Å². The molecule has 1 N–H and O–H groups in total. The van der Waals surface area contributed by atoms with Gasteiger partial charge >= 0.3 is 58.4 Å². The van der Waals surface area contributed by atoms with E-state index in [-0.39, 0.29) is 63.7 Å². The first-order chi connectivity index (χ1) is 6.49. The predicted molar refractivity (Wildman–Crippen MR) is 47.6 cm³/mol. The van der Waals surface area contributed by atoms with Crippen LogP contribution in [-0.2, 0) is 6.61 Å². The van der Waals surface area contributed by atoms with Crippen LogP contribution in [-0.4, -0.2) is 19.2 Å². The van der Waals surface area contributed by atoms with Gasteiger partial charge in [-0.25, -0.2) is 0 Å². The molecular formula is C8H9BF3KO2. The van der Waals surface area contributed by atoms with Gasteiger partial charge in [-0.2, -0.15) is 0 Å². The van der Waals surface area contributed by atoms with E-state index in [1.165, 1.54) is 19.2 Å². The summed E-state index contributed by atoms with van der Waals surface area (Å²) in [7, 11) is 1.17. The molecule has 2 nitrogen and oxygen atoms in total. The van der Waals surface area contributed by atoms with E-state index in [0.29, 0.717) is 5.56 Å². The number of aliphatic hydroxyl groups is 1. The van der Waals surface area contributed by atoms with Gasteiger partial charge in [0.25, 0.3) is 0 Å². The van der Waals surface area contributed by atoms with Gasteiger partial charge < -0.3 is 22.8 Å². The van der Waals surface area contributed by atoms with Crippen molar-refractivity contribution in [3.05, 3.63) is 23.8 Å². The Morgan fingerprint density at radius 3 is 2.33 bits per heavy atom. The molecule has 0 atom stereocenters. The number of aliphatic hydroxyl groups excluding tert-OH is 1. The Bertz CT molecular complexity index is 330. The van der Waals surface area contributed by atoms with Crippen molar-refractivity contribution in [2.24, 2.45) is 0 Å². The molecule has 78 valence electrons. The molecule has 0 bridgehead atoms. The smallest absolute Gasteiger partial charge is 0.500 e. The van der Waals surface area contributed by atoms with Crippen LogP contribution in [0.3, 0.4) is 0 Å². The van der Waals surface area contributed by atoms with Gasteiger partial charge in [-0.15, -0.1) is 0 Å². The van der Waals surface area contributed by atoms with Crippen LogP contribution in [0, 0.1) is 0 Å². The van der Waals surface area contributed by atoms with Gasteiger partial charge in [0.15, 0.2) is 0 Å². The van der Waals surface area contributed by atoms with E-state index in [9.17, 15) is 12.9 Å². The van der Waals surface area contributed by atoms with Crippen LogP contribution in [0.25, 0.3) is 0 Å². The summed E-state index contributed by atoms with van der Waals surface area (Å²) in [5.74, 6) is -0.246. The molecular weight excluding hydrogens is 235 g/mol. The molecule has 0 saturated carbocycles. The molecule has 0 radical (unpaired) electrons. The molecule has 1 aromatic carbocycles. The minimum absolute atomic E-state index is 0. The van der Waals surface area contributed by atoms with Crippen LogP contribution in [0.15, 0.2) is 18.2 Å². The van der Waals surface area contributed by atoms with Crippen molar-refractivity contribution in [3.8, 4) is 5.75 Å². The van der Waals surface area contributed by atoms with Gasteiger partial charge in [0.1, 0.15) is 0 Å². The van der Waals surface area contributed by atoms with Crippen LogP contribution >= 0.6 is 0 Å². The van der Waals surface area contributed by atoms with Crippen molar-refractivity contribution >= 4 is 12.4 Å². The molecule has 0 amide bonds. The number of methoxy groups -OCH3 is 1. The third-order valence-electron chi connectivity index (χ3n) is 1.83. The zero-order valence-corrected chi connectivity index (χ0v) is 11.6. The summed E-state index contributed by atoms with van der Waals surface area (Å²) in [6, 6.07) is 3.34. The van der Waals surface area contributed by atoms with Crippen molar-refractivity contribution in [1.82, 2.24) is 0 Å². The Hall–Kier alpha value is 0.471. The maximum atomic E-state index is 12.4. The molecule has 0 aliphatic heterocycles. The van der Waals surface area contributed by atoms with Crippen LogP contribution < -0.4 is 61.6 Å². The van der Waals surface area contributed by atoms with E-state index in [1.807, 2.05) is 0 Å². The standard InChI is InChI=1S/C8H9BF3O2.K/c1-14-8-4-6(5-13)2-3-7(8)9(10,11)12;/h2-4,13H,5H2,1H3;/q-1;+1. The monoisotopic (exact) mass is 244 g/mol. The largest absolute Gasteiger partial charge is 1.00 e. The molecule has 0 saturated heterocycles. The fourth-order valence-corrected chi connectivity index (χ4v) is 1.12. The van der Waals surface area contributed by atoms with Gasteiger partial charge in [0, 0.05) is 0 Å². The minimum atomic E-state index is -5.07. The summed E-state index contributed by atoms with van der Waals surface area (Å²) in [4.78, 5) is 0. The Morgan fingerprint density at radius 2 is 1.93 bits per heavy atom. The Labute approximate surface area is 128 Å². The quantitative estimate of drug-likeness (QED) is 0.639. The van der Waals surface area contributed by atoms with Crippen LogP contribution in [0.1, 0.15) is 5.56 Å². The van der Waals surface area contributed by atoms with Crippen molar-refractivity contribution in [3.63, 3.8) is 0 Å². The van der Waals surface area contributed by atoms with Gasteiger partial charge in [-0.1, -0.05) is 17.6 Å². The first kappa shape index (κ1) is 15.5. The molecule has 0 aliphatic rings. The SMILES string of the molecule is COc1cc(CO)ccc1[B-](F)(F)F.[K+]. The average Bonchev–Trinajstić information content (AvgIpc) is 2.15. The molecule has 7 heteroatoms. The normalized spacial score (nSPS) is 10.7. The summed E-state index contributed by atoms with van der Waals surface area (Å²) in [5, 5.41) is 8.72. The first-order valence-corrected chi connectivity index (χ1v) is 3.96. The van der Waals surface area contributed by atoms with E-state index < -0.39 is 12.4 Å². The average molecular weight is 244 g/mol. The Kier molecular flexibility index (Phi) is 6.46. The molecule has 15 heavy (non-hydrogen) atoms. The second-order valence-corrected chi connectivity index (χ2v) is 2.81. The molecule has 0 unspecified atom stereocenters. The minimum Gasteiger partial charge on any atom is -0.500 e. The summed E-state index contributed by atoms with van der Waals surface area (Å²) in [5.41, 5.74) is -0.379. The maximum absolute atomic E-state index is 12.4. The van der Waals surface area contributed by atoms with Crippen LogP contribution in [0.4, 0.5) is 12.9 Å². The number of halogens is 3. The zero-order valence-electron chi connectivity index (χ0n) is 8.51. The summed E-state index contributed by atoms with van der Waals surface area (Å²) in [6.07, 6.45) is 0. The fraction of sp³-hybridized carbons (Fsp3) is 0.250. The zero-order chi connectivity index (χ0) is 10.8. The van der Waals surface area contributed by atoms with Gasteiger partial charge in [-0.3, -0.25) is 0 Å². The summed E-state index contributed by atoms with van der Waals surface area (Å²) < 4.78 is 41.8. The Balaban J connectivity index is 0.00000196. The maximum Gasteiger partial charge on any atom is 1.00 e. The number of hydrogen-bond acceptors (Lipinski definition) is 2. The number of benzene rings is 1. The third-order valence-corrected chi connectivity index (χ3v) is 1.83. The summed E-state index contributed by atoms with van der Waals surface area (Å²) >= 11 is 0. The Morgan fingerprint density at radius 1 is 1.33 bits per heavy atom. The number of ether oxygens (including phenoxy) is 1. The van der Waals surface area contributed by atoms with Gasteiger partial charge in [0.2, 0.25) is 0 Å². The molecule has 0 spiro atoms. The van der Waals surface area contributed by atoms with E-state index in [1.54, 1.807) is 0 Å². The molecule has 0 aliphatic carbocycles. The topological polar surface area (TPSA) is 29.5 Å². The third kappa shape index (κ3) is 4.09. The number of hydrogen-bond donors (Lipinski definition) is 1. The van der Waals surface area contributed by atoms with Crippen LogP contribution in [0.5, 0.6) is 5.75 Å². The summed E-state index contributed by atoms with van der Waals surface area (Å²) in [6.45, 7) is -5.37. The molecule has 0 aromatic heterocycles. The second-order valence-electron chi connectivity index (χ2n) is 2.81. The first-order valence-electron chi connectivity index (χ1n) is 3.96.